The van der Waals surface area contributed by atoms with Crippen LogP contribution < -0.4 is 5.73 Å². The van der Waals surface area contributed by atoms with Gasteiger partial charge in [-0.25, -0.2) is 9.97 Å². The van der Waals surface area contributed by atoms with Crippen molar-refractivity contribution < 1.29 is 4.74 Å². The van der Waals surface area contributed by atoms with Gasteiger partial charge in [-0.2, -0.15) is 0 Å². The van der Waals surface area contributed by atoms with E-state index < -0.39 is 0 Å². The molecule has 17 heavy (non-hydrogen) atoms. The van der Waals surface area contributed by atoms with Crippen molar-refractivity contribution in [3.63, 3.8) is 0 Å². The van der Waals surface area contributed by atoms with Crippen molar-refractivity contribution in [3.05, 3.63) is 22.8 Å². The number of nitrogens with two attached hydrogens (primary N) is 1. The van der Waals surface area contributed by atoms with E-state index in [1.807, 2.05) is 20.8 Å². The second-order valence-corrected chi connectivity index (χ2v) is 4.56. The zero-order valence-corrected chi connectivity index (χ0v) is 11.4. The summed E-state index contributed by atoms with van der Waals surface area (Å²) in [6.07, 6.45) is -0.0378. The van der Waals surface area contributed by atoms with Crippen LogP contribution in [-0.2, 0) is 11.3 Å². The molecule has 0 spiro atoms. The minimum atomic E-state index is -0.0378. The lowest BCUT2D eigenvalue weighted by molar-refractivity contribution is 0.0229. The van der Waals surface area contributed by atoms with Gasteiger partial charge in [0.15, 0.2) is 5.82 Å². The molecular formula is C13H23N3O. The Morgan fingerprint density at radius 2 is 1.71 bits per heavy atom. The predicted molar refractivity (Wildman–Crippen MR) is 68.6 cm³/mol. The Hall–Kier alpha value is -1.00. The van der Waals surface area contributed by atoms with E-state index in [1.165, 1.54) is 0 Å². The summed E-state index contributed by atoms with van der Waals surface area (Å²) >= 11 is 0. The van der Waals surface area contributed by atoms with Crippen LogP contribution in [0.3, 0.4) is 0 Å². The number of aryl methyl sites for hydroxylation is 2. The second-order valence-electron chi connectivity index (χ2n) is 4.56. The van der Waals surface area contributed by atoms with Gasteiger partial charge in [0.05, 0.1) is 0 Å². The molecule has 0 aliphatic rings. The van der Waals surface area contributed by atoms with Crippen LogP contribution in [0.25, 0.3) is 0 Å². The standard InChI is InChI=1S/C13H23N3O/c1-6-17-12(8(2)3)13-15-9(4)11(7-14)10(5)16-13/h8,12H,6-7,14H2,1-5H3. The molecule has 1 atom stereocenters. The summed E-state index contributed by atoms with van der Waals surface area (Å²) in [4.78, 5) is 9.06. The molecule has 1 aromatic rings. The summed E-state index contributed by atoms with van der Waals surface area (Å²) in [6.45, 7) is 11.3. The van der Waals surface area contributed by atoms with E-state index in [1.54, 1.807) is 0 Å². The molecule has 1 rings (SSSR count). The maximum Gasteiger partial charge on any atom is 0.157 e. The van der Waals surface area contributed by atoms with E-state index in [4.69, 9.17) is 10.5 Å². The zero-order chi connectivity index (χ0) is 13.0. The van der Waals surface area contributed by atoms with Crippen molar-refractivity contribution in [2.45, 2.75) is 47.3 Å². The molecule has 1 heterocycles. The third kappa shape index (κ3) is 3.23. The predicted octanol–water partition coefficient (Wildman–Crippen LogP) is 2.29. The van der Waals surface area contributed by atoms with Crippen molar-refractivity contribution in [1.29, 1.82) is 0 Å². The van der Waals surface area contributed by atoms with Crippen LogP contribution in [0.2, 0.25) is 0 Å². The fourth-order valence-electron chi connectivity index (χ4n) is 1.93. The van der Waals surface area contributed by atoms with Crippen molar-refractivity contribution in [2.75, 3.05) is 6.61 Å². The van der Waals surface area contributed by atoms with Crippen LogP contribution >= 0.6 is 0 Å². The molecule has 4 heteroatoms. The normalized spacial score (nSPS) is 13.1. The highest BCUT2D eigenvalue weighted by Crippen LogP contribution is 2.24. The molecule has 0 saturated heterocycles. The van der Waals surface area contributed by atoms with Crippen LogP contribution in [0.5, 0.6) is 0 Å². The van der Waals surface area contributed by atoms with Crippen molar-refractivity contribution in [2.24, 2.45) is 11.7 Å². The molecule has 0 radical (unpaired) electrons. The SMILES string of the molecule is CCOC(c1nc(C)c(CN)c(C)n1)C(C)C. The van der Waals surface area contributed by atoms with Gasteiger partial charge < -0.3 is 10.5 Å². The Bertz CT molecular complexity index is 354. The summed E-state index contributed by atoms with van der Waals surface area (Å²) in [5.41, 5.74) is 8.64. The van der Waals surface area contributed by atoms with Crippen LogP contribution in [0.15, 0.2) is 0 Å². The summed E-state index contributed by atoms with van der Waals surface area (Å²) in [7, 11) is 0. The first kappa shape index (κ1) is 14.1. The number of ether oxygens (including phenoxy) is 1. The third-order valence-corrected chi connectivity index (χ3v) is 2.85. The van der Waals surface area contributed by atoms with E-state index in [0.717, 1.165) is 22.8 Å². The quantitative estimate of drug-likeness (QED) is 0.853. The van der Waals surface area contributed by atoms with Gasteiger partial charge in [-0.05, 0) is 26.7 Å². The maximum atomic E-state index is 5.72. The number of hydrogen-bond acceptors (Lipinski definition) is 4. The van der Waals surface area contributed by atoms with Gasteiger partial charge in [0, 0.05) is 30.1 Å². The van der Waals surface area contributed by atoms with Gasteiger partial charge in [0.2, 0.25) is 0 Å². The van der Waals surface area contributed by atoms with Gasteiger partial charge >= 0.3 is 0 Å². The van der Waals surface area contributed by atoms with Crippen LogP contribution in [0.4, 0.5) is 0 Å². The fourth-order valence-corrected chi connectivity index (χ4v) is 1.93. The first-order chi connectivity index (χ1) is 8.01. The molecule has 96 valence electrons. The first-order valence-electron chi connectivity index (χ1n) is 6.16. The molecule has 0 amide bonds. The lowest BCUT2D eigenvalue weighted by Gasteiger charge is -2.21. The Labute approximate surface area is 104 Å². The number of aromatic nitrogens is 2. The summed E-state index contributed by atoms with van der Waals surface area (Å²) in [6, 6.07) is 0. The summed E-state index contributed by atoms with van der Waals surface area (Å²) in [5, 5.41) is 0. The molecule has 1 aromatic heterocycles. The van der Waals surface area contributed by atoms with Crippen LogP contribution in [0, 0.1) is 19.8 Å². The minimum absolute atomic E-state index is 0.0378. The smallest absolute Gasteiger partial charge is 0.157 e. The lowest BCUT2D eigenvalue weighted by atomic mass is 10.1. The van der Waals surface area contributed by atoms with E-state index in [9.17, 15) is 0 Å². The van der Waals surface area contributed by atoms with Crippen molar-refractivity contribution >= 4 is 0 Å². The first-order valence-corrected chi connectivity index (χ1v) is 6.16. The largest absolute Gasteiger partial charge is 0.370 e. The van der Waals surface area contributed by atoms with Gasteiger partial charge in [0.25, 0.3) is 0 Å². The Morgan fingerprint density at radius 1 is 1.18 bits per heavy atom. The number of hydrogen-bond donors (Lipinski definition) is 1. The monoisotopic (exact) mass is 237 g/mol. The second kappa shape index (κ2) is 6.07. The van der Waals surface area contributed by atoms with Crippen molar-refractivity contribution in [3.8, 4) is 0 Å². The van der Waals surface area contributed by atoms with Gasteiger partial charge in [-0.15, -0.1) is 0 Å². The van der Waals surface area contributed by atoms with E-state index in [-0.39, 0.29) is 6.10 Å². The van der Waals surface area contributed by atoms with Crippen LogP contribution in [0.1, 0.15) is 49.7 Å². The van der Waals surface area contributed by atoms with Crippen LogP contribution in [-0.4, -0.2) is 16.6 Å². The molecular weight excluding hydrogens is 214 g/mol. The molecule has 1 unspecified atom stereocenters. The topological polar surface area (TPSA) is 61.0 Å². The summed E-state index contributed by atoms with van der Waals surface area (Å²) < 4.78 is 5.72. The number of rotatable bonds is 5. The molecule has 0 saturated carbocycles. The van der Waals surface area contributed by atoms with Gasteiger partial charge in [0.1, 0.15) is 6.10 Å². The lowest BCUT2D eigenvalue weighted by Crippen LogP contribution is -2.17. The molecule has 2 N–H and O–H groups in total. The molecule has 0 aliphatic carbocycles. The zero-order valence-electron chi connectivity index (χ0n) is 11.4. The third-order valence-electron chi connectivity index (χ3n) is 2.85. The highest BCUT2D eigenvalue weighted by Gasteiger charge is 2.20. The fraction of sp³-hybridized carbons (Fsp3) is 0.692. The Morgan fingerprint density at radius 3 is 2.06 bits per heavy atom. The Kier molecular flexibility index (Phi) is 5.02. The van der Waals surface area contributed by atoms with Gasteiger partial charge in [-0.3, -0.25) is 0 Å². The van der Waals surface area contributed by atoms with E-state index in [2.05, 4.69) is 23.8 Å². The molecule has 0 bridgehead atoms. The van der Waals surface area contributed by atoms with Crippen molar-refractivity contribution in [1.82, 2.24) is 9.97 Å². The molecule has 4 nitrogen and oxygen atoms in total. The summed E-state index contributed by atoms with van der Waals surface area (Å²) in [5.74, 6) is 1.13. The van der Waals surface area contributed by atoms with E-state index >= 15 is 0 Å². The van der Waals surface area contributed by atoms with Gasteiger partial charge in [-0.1, -0.05) is 13.8 Å². The minimum Gasteiger partial charge on any atom is -0.370 e. The highest BCUT2D eigenvalue weighted by atomic mass is 16.5. The highest BCUT2D eigenvalue weighted by molar-refractivity contribution is 5.24. The maximum absolute atomic E-state index is 5.72. The Balaban J connectivity index is 3.13. The van der Waals surface area contributed by atoms with E-state index in [0.29, 0.717) is 19.1 Å². The average Bonchev–Trinajstić information content (AvgIpc) is 2.24. The average molecular weight is 237 g/mol. The molecule has 0 fully saturated rings. The molecule has 0 aromatic carbocycles. The molecule has 0 aliphatic heterocycles. The number of nitrogens with zero attached hydrogens (tertiary/aromatic N) is 2.